The van der Waals surface area contributed by atoms with Gasteiger partial charge in [0.25, 0.3) is 0 Å². The first kappa shape index (κ1) is 15.5. The largest absolute Gasteiger partial charge is 0.294 e. The molecule has 0 atom stereocenters. The van der Waals surface area contributed by atoms with Crippen molar-refractivity contribution < 1.29 is 9.59 Å². The number of hydrogen-bond donors (Lipinski definition) is 0. The lowest BCUT2D eigenvalue weighted by Crippen LogP contribution is -2.11. The molecule has 0 unspecified atom stereocenters. The molecular weight excluding hydrogens is 272 g/mol. The average Bonchev–Trinajstić information content (AvgIpc) is 3.08. The highest BCUT2D eigenvalue weighted by molar-refractivity contribution is 6.08. The van der Waals surface area contributed by atoms with Crippen LogP contribution in [0.3, 0.4) is 0 Å². The van der Waals surface area contributed by atoms with Crippen molar-refractivity contribution in [1.82, 2.24) is 0 Å². The first-order valence-electron chi connectivity index (χ1n) is 8.94. The minimum atomic E-state index is 0.320. The molecule has 1 aromatic carbocycles. The van der Waals surface area contributed by atoms with E-state index in [4.69, 9.17) is 0 Å². The fourth-order valence-electron chi connectivity index (χ4n) is 4.18. The average molecular weight is 298 g/mol. The molecule has 0 N–H and O–H groups in total. The maximum absolute atomic E-state index is 12.5. The summed E-state index contributed by atoms with van der Waals surface area (Å²) in [5, 5.41) is 0. The fourth-order valence-corrected chi connectivity index (χ4v) is 4.18. The van der Waals surface area contributed by atoms with Crippen molar-refractivity contribution in [2.24, 2.45) is 0 Å². The normalized spacial score (nSPS) is 16.3. The Morgan fingerprint density at radius 3 is 1.45 bits per heavy atom. The van der Waals surface area contributed by atoms with E-state index >= 15 is 0 Å². The zero-order valence-electron chi connectivity index (χ0n) is 13.9. The number of hydrogen-bond acceptors (Lipinski definition) is 2. The van der Waals surface area contributed by atoms with Crippen molar-refractivity contribution in [3.05, 3.63) is 33.4 Å². The molecule has 0 bridgehead atoms. The molecule has 0 fully saturated rings. The van der Waals surface area contributed by atoms with Gasteiger partial charge in [-0.1, -0.05) is 26.7 Å². The second kappa shape index (κ2) is 6.36. The van der Waals surface area contributed by atoms with Crippen molar-refractivity contribution in [1.29, 1.82) is 0 Å². The Kier molecular flexibility index (Phi) is 4.46. The van der Waals surface area contributed by atoms with E-state index in [0.717, 1.165) is 62.5 Å². The van der Waals surface area contributed by atoms with Crippen LogP contribution in [0.25, 0.3) is 0 Å². The molecule has 118 valence electrons. The topological polar surface area (TPSA) is 34.1 Å². The number of fused-ring (bicyclic) bond motifs is 2. The van der Waals surface area contributed by atoms with Crippen molar-refractivity contribution in [2.45, 2.75) is 78.1 Å². The van der Waals surface area contributed by atoms with E-state index in [1.807, 2.05) is 0 Å². The van der Waals surface area contributed by atoms with Gasteiger partial charge in [0.05, 0.1) is 0 Å². The zero-order chi connectivity index (χ0) is 15.7. The van der Waals surface area contributed by atoms with Crippen LogP contribution in [-0.4, -0.2) is 11.6 Å². The van der Waals surface area contributed by atoms with E-state index in [1.54, 1.807) is 0 Å². The molecule has 0 spiro atoms. The van der Waals surface area contributed by atoms with Crippen LogP contribution in [0.4, 0.5) is 0 Å². The number of ketones is 2. The van der Waals surface area contributed by atoms with Crippen molar-refractivity contribution >= 4 is 11.6 Å². The van der Waals surface area contributed by atoms with E-state index in [-0.39, 0.29) is 0 Å². The van der Waals surface area contributed by atoms with E-state index in [2.05, 4.69) is 13.8 Å². The van der Waals surface area contributed by atoms with E-state index < -0.39 is 0 Å². The summed E-state index contributed by atoms with van der Waals surface area (Å²) in [5.41, 5.74) is 6.99. The minimum Gasteiger partial charge on any atom is -0.294 e. The molecule has 0 aliphatic heterocycles. The van der Waals surface area contributed by atoms with Crippen molar-refractivity contribution in [3.8, 4) is 0 Å². The van der Waals surface area contributed by atoms with Gasteiger partial charge in [-0.15, -0.1) is 0 Å². The monoisotopic (exact) mass is 298 g/mol. The first-order valence-corrected chi connectivity index (χ1v) is 8.94. The second-order valence-corrected chi connectivity index (χ2v) is 6.72. The molecule has 2 aliphatic rings. The summed E-state index contributed by atoms with van der Waals surface area (Å²) < 4.78 is 0. The van der Waals surface area contributed by atoms with E-state index in [9.17, 15) is 9.59 Å². The molecule has 0 saturated heterocycles. The summed E-state index contributed by atoms with van der Waals surface area (Å²) >= 11 is 0. The van der Waals surface area contributed by atoms with Crippen LogP contribution in [0, 0.1) is 0 Å². The number of benzene rings is 1. The first-order chi connectivity index (χ1) is 10.7. The van der Waals surface area contributed by atoms with Crippen LogP contribution in [0.5, 0.6) is 0 Å². The van der Waals surface area contributed by atoms with Crippen LogP contribution in [0.2, 0.25) is 0 Å². The molecule has 22 heavy (non-hydrogen) atoms. The van der Waals surface area contributed by atoms with Gasteiger partial charge in [0.2, 0.25) is 0 Å². The van der Waals surface area contributed by atoms with Gasteiger partial charge in [0, 0.05) is 24.0 Å². The number of rotatable bonds is 6. The molecule has 0 heterocycles. The third-order valence-electron chi connectivity index (χ3n) is 5.26. The molecule has 0 aromatic heterocycles. The van der Waals surface area contributed by atoms with Gasteiger partial charge in [-0.3, -0.25) is 9.59 Å². The highest BCUT2D eigenvalue weighted by atomic mass is 16.1. The zero-order valence-corrected chi connectivity index (χ0v) is 13.9. The summed E-state index contributed by atoms with van der Waals surface area (Å²) in [5.74, 6) is 0.641. The third kappa shape index (κ3) is 2.43. The molecule has 2 heteroatoms. The maximum atomic E-state index is 12.5. The Hall–Kier alpha value is -1.44. The molecule has 1 aromatic rings. The number of unbranched alkanes of at least 4 members (excludes halogenated alkanes) is 2. The van der Waals surface area contributed by atoms with Crippen LogP contribution in [0.15, 0.2) is 0 Å². The Bertz CT molecular complexity index is 570. The maximum Gasteiger partial charge on any atom is 0.163 e. The molecule has 2 aliphatic carbocycles. The summed E-state index contributed by atoms with van der Waals surface area (Å²) in [4.78, 5) is 24.9. The molecule has 0 amide bonds. The molecule has 0 radical (unpaired) electrons. The van der Waals surface area contributed by atoms with Crippen LogP contribution < -0.4 is 0 Å². The molecule has 0 saturated carbocycles. The molecular formula is C20H26O2. The van der Waals surface area contributed by atoms with Crippen LogP contribution in [-0.2, 0) is 25.7 Å². The highest BCUT2D eigenvalue weighted by Gasteiger charge is 2.34. The lowest BCUT2D eigenvalue weighted by molar-refractivity contribution is 0.0984. The van der Waals surface area contributed by atoms with Crippen molar-refractivity contribution in [3.63, 3.8) is 0 Å². The van der Waals surface area contributed by atoms with Gasteiger partial charge in [-0.2, -0.15) is 0 Å². The van der Waals surface area contributed by atoms with Gasteiger partial charge >= 0.3 is 0 Å². The SMILES string of the molecule is CCCCc1c2c(c(CCCC)c3c1C(=O)CC3)C(=O)CC2. The summed E-state index contributed by atoms with van der Waals surface area (Å²) in [6.45, 7) is 4.37. The Morgan fingerprint density at radius 1 is 0.682 bits per heavy atom. The third-order valence-corrected chi connectivity index (χ3v) is 5.26. The van der Waals surface area contributed by atoms with Gasteiger partial charge in [-0.05, 0) is 60.8 Å². The van der Waals surface area contributed by atoms with E-state index in [1.165, 1.54) is 22.3 Å². The number of carbonyl (C=O) groups excluding carboxylic acids is 2. The van der Waals surface area contributed by atoms with Crippen LogP contribution in [0.1, 0.15) is 95.3 Å². The minimum absolute atomic E-state index is 0.320. The highest BCUT2D eigenvalue weighted by Crippen LogP contribution is 2.40. The predicted octanol–water partition coefficient (Wildman–Crippen LogP) is 4.63. The smallest absolute Gasteiger partial charge is 0.163 e. The quantitative estimate of drug-likeness (QED) is 0.767. The number of carbonyl (C=O) groups is 2. The van der Waals surface area contributed by atoms with Gasteiger partial charge in [0.15, 0.2) is 11.6 Å². The summed E-state index contributed by atoms with van der Waals surface area (Å²) in [6.07, 6.45) is 9.40. The van der Waals surface area contributed by atoms with Gasteiger partial charge < -0.3 is 0 Å². The Morgan fingerprint density at radius 2 is 1.09 bits per heavy atom. The standard InChI is InChI=1S/C20H26O2/c1-3-5-7-13-15-9-11-18(22)20(15)14(8-6-4-2)16-10-12-17(21)19(13)16/h3-12H2,1-2H3. The van der Waals surface area contributed by atoms with Crippen LogP contribution >= 0.6 is 0 Å². The van der Waals surface area contributed by atoms with Gasteiger partial charge in [0.1, 0.15) is 0 Å². The predicted molar refractivity (Wildman–Crippen MR) is 89.0 cm³/mol. The number of Topliss-reactive ketones (excluding diaryl/α,β-unsaturated/α-hetero) is 2. The molecule has 3 rings (SSSR count). The Labute approximate surface area is 133 Å². The summed E-state index contributed by atoms with van der Waals surface area (Å²) in [7, 11) is 0. The molecule has 2 nitrogen and oxygen atoms in total. The second-order valence-electron chi connectivity index (χ2n) is 6.72. The van der Waals surface area contributed by atoms with E-state index in [0.29, 0.717) is 24.4 Å². The lowest BCUT2D eigenvalue weighted by atomic mass is 9.85. The Balaban J connectivity index is 2.19. The fraction of sp³-hybridized carbons (Fsp3) is 0.600. The lowest BCUT2D eigenvalue weighted by Gasteiger charge is -2.18. The van der Waals surface area contributed by atoms with Gasteiger partial charge in [-0.25, -0.2) is 0 Å². The van der Waals surface area contributed by atoms with Crippen molar-refractivity contribution in [2.75, 3.05) is 0 Å². The summed E-state index contributed by atoms with van der Waals surface area (Å²) in [6, 6.07) is 0.